The van der Waals surface area contributed by atoms with Gasteiger partial charge in [0.05, 0.1) is 0 Å². The summed E-state index contributed by atoms with van der Waals surface area (Å²) >= 11 is 0. The van der Waals surface area contributed by atoms with Gasteiger partial charge in [0.25, 0.3) is 0 Å². The Morgan fingerprint density at radius 3 is 2.52 bits per heavy atom. The third kappa shape index (κ3) is 6.22. The average molecular weight is 486 g/mol. The SMILES string of the molecule is CN(C)C(=O)CN=C(NC1CCCC1)N1CCN(c2ccccn2)CC1.I. The lowest BCUT2D eigenvalue weighted by molar-refractivity contribution is -0.127. The number of nitrogens with zero attached hydrogens (tertiary/aromatic N) is 5. The summed E-state index contributed by atoms with van der Waals surface area (Å²) < 4.78 is 0. The zero-order valence-corrected chi connectivity index (χ0v) is 18.6. The number of anilines is 1. The molecule has 0 bridgehead atoms. The van der Waals surface area contributed by atoms with E-state index in [1.165, 1.54) is 25.7 Å². The highest BCUT2D eigenvalue weighted by molar-refractivity contribution is 14.0. The predicted octanol–water partition coefficient (Wildman–Crippen LogP) is 1.80. The first kappa shape index (κ1) is 21.7. The number of piperazine rings is 1. The van der Waals surface area contributed by atoms with Crippen LogP contribution in [0, 0.1) is 0 Å². The number of likely N-dealkylation sites (N-methyl/N-ethyl adjacent to an activating group) is 1. The lowest BCUT2D eigenvalue weighted by Crippen LogP contribution is -2.54. The molecule has 7 nitrogen and oxygen atoms in total. The van der Waals surface area contributed by atoms with Crippen molar-refractivity contribution in [3.63, 3.8) is 0 Å². The maximum Gasteiger partial charge on any atom is 0.243 e. The van der Waals surface area contributed by atoms with Crippen LogP contribution in [-0.2, 0) is 4.79 Å². The number of halogens is 1. The summed E-state index contributed by atoms with van der Waals surface area (Å²) in [5, 5.41) is 3.61. The van der Waals surface area contributed by atoms with Crippen LogP contribution in [0.4, 0.5) is 5.82 Å². The van der Waals surface area contributed by atoms with E-state index < -0.39 is 0 Å². The van der Waals surface area contributed by atoms with Gasteiger partial charge in [0.15, 0.2) is 5.96 Å². The van der Waals surface area contributed by atoms with Gasteiger partial charge < -0.3 is 20.0 Å². The molecule has 0 atom stereocenters. The fourth-order valence-corrected chi connectivity index (χ4v) is 3.46. The highest BCUT2D eigenvalue weighted by atomic mass is 127. The lowest BCUT2D eigenvalue weighted by atomic mass is 10.2. The Balaban J connectivity index is 0.00000261. The Morgan fingerprint density at radius 1 is 1.22 bits per heavy atom. The number of rotatable bonds is 4. The second kappa shape index (κ2) is 10.7. The van der Waals surface area contributed by atoms with Crippen molar-refractivity contribution in [2.75, 3.05) is 51.7 Å². The third-order valence-corrected chi connectivity index (χ3v) is 5.10. The molecule has 1 aromatic heterocycles. The minimum absolute atomic E-state index is 0. The van der Waals surface area contributed by atoms with E-state index in [9.17, 15) is 4.79 Å². The highest BCUT2D eigenvalue weighted by Crippen LogP contribution is 2.18. The molecule has 1 saturated heterocycles. The molecule has 1 N–H and O–H groups in total. The van der Waals surface area contributed by atoms with Gasteiger partial charge >= 0.3 is 0 Å². The Morgan fingerprint density at radius 2 is 1.93 bits per heavy atom. The van der Waals surface area contributed by atoms with Crippen molar-refractivity contribution in [2.45, 2.75) is 31.7 Å². The molecule has 27 heavy (non-hydrogen) atoms. The lowest BCUT2D eigenvalue weighted by Gasteiger charge is -2.37. The van der Waals surface area contributed by atoms with E-state index in [1.54, 1.807) is 19.0 Å². The van der Waals surface area contributed by atoms with Crippen molar-refractivity contribution < 1.29 is 4.79 Å². The zero-order valence-electron chi connectivity index (χ0n) is 16.3. The maximum absolute atomic E-state index is 12.0. The van der Waals surface area contributed by atoms with Crippen molar-refractivity contribution in [1.82, 2.24) is 20.1 Å². The molecule has 3 rings (SSSR count). The summed E-state index contributed by atoms with van der Waals surface area (Å²) in [7, 11) is 3.54. The largest absolute Gasteiger partial charge is 0.353 e. The van der Waals surface area contributed by atoms with Crippen LogP contribution in [0.3, 0.4) is 0 Å². The van der Waals surface area contributed by atoms with Crippen LogP contribution in [0.25, 0.3) is 0 Å². The fraction of sp³-hybridized carbons (Fsp3) is 0.632. The first-order valence-corrected chi connectivity index (χ1v) is 9.55. The van der Waals surface area contributed by atoms with Crippen LogP contribution in [0.1, 0.15) is 25.7 Å². The molecule has 1 amide bonds. The number of guanidine groups is 1. The summed E-state index contributed by atoms with van der Waals surface area (Å²) in [5.41, 5.74) is 0. The van der Waals surface area contributed by atoms with E-state index in [4.69, 9.17) is 0 Å². The summed E-state index contributed by atoms with van der Waals surface area (Å²) in [6.45, 7) is 3.77. The molecule has 8 heteroatoms. The maximum atomic E-state index is 12.0. The molecule has 0 unspecified atom stereocenters. The van der Waals surface area contributed by atoms with Crippen LogP contribution < -0.4 is 10.2 Å². The third-order valence-electron chi connectivity index (χ3n) is 5.10. The molecular formula is C19H31IN6O. The van der Waals surface area contributed by atoms with Crippen molar-refractivity contribution in [3.8, 4) is 0 Å². The van der Waals surface area contributed by atoms with Crippen LogP contribution in [-0.4, -0.2) is 79.5 Å². The average Bonchev–Trinajstić information content (AvgIpc) is 3.19. The molecule has 0 spiro atoms. The van der Waals surface area contributed by atoms with Crippen molar-refractivity contribution in [1.29, 1.82) is 0 Å². The van der Waals surface area contributed by atoms with E-state index in [0.717, 1.165) is 38.0 Å². The monoisotopic (exact) mass is 486 g/mol. The number of nitrogens with one attached hydrogen (secondary N) is 1. The number of aromatic nitrogens is 1. The van der Waals surface area contributed by atoms with Crippen LogP contribution in [0.2, 0.25) is 0 Å². The fourth-order valence-electron chi connectivity index (χ4n) is 3.46. The van der Waals surface area contributed by atoms with Crippen LogP contribution in [0.15, 0.2) is 29.4 Å². The minimum Gasteiger partial charge on any atom is -0.353 e. The van der Waals surface area contributed by atoms with Gasteiger partial charge in [-0.2, -0.15) is 0 Å². The van der Waals surface area contributed by atoms with Crippen LogP contribution >= 0.6 is 24.0 Å². The van der Waals surface area contributed by atoms with Crippen molar-refractivity contribution in [2.24, 2.45) is 4.99 Å². The number of pyridine rings is 1. The Hall–Kier alpha value is -1.58. The molecule has 2 aliphatic rings. The second-order valence-electron chi connectivity index (χ2n) is 7.22. The molecule has 1 aromatic rings. The quantitative estimate of drug-likeness (QED) is 0.400. The van der Waals surface area contributed by atoms with E-state index >= 15 is 0 Å². The summed E-state index contributed by atoms with van der Waals surface area (Å²) in [6.07, 6.45) is 6.76. The van der Waals surface area contributed by atoms with Gasteiger partial charge in [-0.15, -0.1) is 24.0 Å². The van der Waals surface area contributed by atoms with Gasteiger partial charge in [0.2, 0.25) is 5.91 Å². The Kier molecular flexibility index (Phi) is 8.59. The summed E-state index contributed by atoms with van der Waals surface area (Å²) in [6, 6.07) is 6.50. The molecule has 2 fully saturated rings. The normalized spacial score (nSPS) is 18.2. The van der Waals surface area contributed by atoms with Gasteiger partial charge in [-0.3, -0.25) is 4.79 Å². The van der Waals surface area contributed by atoms with E-state index in [1.807, 2.05) is 18.3 Å². The molecule has 150 valence electrons. The molecule has 2 heterocycles. The summed E-state index contributed by atoms with van der Waals surface area (Å²) in [4.78, 5) is 27.2. The summed E-state index contributed by atoms with van der Waals surface area (Å²) in [5.74, 6) is 1.94. The first-order valence-electron chi connectivity index (χ1n) is 9.55. The molecule has 1 aliphatic heterocycles. The van der Waals surface area contributed by atoms with Crippen LogP contribution in [0.5, 0.6) is 0 Å². The smallest absolute Gasteiger partial charge is 0.243 e. The van der Waals surface area contributed by atoms with Crippen molar-refractivity contribution >= 4 is 41.7 Å². The number of hydrogen-bond donors (Lipinski definition) is 1. The standard InChI is InChI=1S/C19H30N6O.HI/c1-23(2)18(26)15-21-19(22-16-7-3-4-8-16)25-13-11-24(12-14-25)17-9-5-6-10-20-17;/h5-6,9-10,16H,3-4,7-8,11-15H2,1-2H3,(H,21,22);1H. The molecular weight excluding hydrogens is 455 g/mol. The van der Waals surface area contributed by atoms with Gasteiger partial charge in [-0.1, -0.05) is 18.9 Å². The number of amides is 1. The Bertz CT molecular complexity index is 610. The topological polar surface area (TPSA) is 64.1 Å². The molecule has 1 aliphatic carbocycles. The molecule has 1 saturated carbocycles. The van der Waals surface area contributed by atoms with Crippen molar-refractivity contribution in [3.05, 3.63) is 24.4 Å². The van der Waals surface area contributed by atoms with E-state index in [-0.39, 0.29) is 36.4 Å². The minimum atomic E-state index is 0. The predicted molar refractivity (Wildman–Crippen MR) is 120 cm³/mol. The van der Waals surface area contributed by atoms with E-state index in [2.05, 4.69) is 31.2 Å². The zero-order chi connectivity index (χ0) is 18.4. The molecule has 0 radical (unpaired) electrons. The highest BCUT2D eigenvalue weighted by Gasteiger charge is 2.24. The second-order valence-corrected chi connectivity index (χ2v) is 7.22. The van der Waals surface area contributed by atoms with Gasteiger partial charge in [0, 0.05) is 52.5 Å². The number of aliphatic imine (C=N–C) groups is 1. The number of hydrogen-bond acceptors (Lipinski definition) is 4. The van der Waals surface area contributed by atoms with Gasteiger partial charge in [-0.05, 0) is 25.0 Å². The molecule has 0 aromatic carbocycles. The van der Waals surface area contributed by atoms with Gasteiger partial charge in [0.1, 0.15) is 12.4 Å². The van der Waals surface area contributed by atoms with E-state index in [0.29, 0.717) is 6.04 Å². The van der Waals surface area contributed by atoms with Gasteiger partial charge in [-0.25, -0.2) is 9.98 Å². The number of carbonyl (C=O) groups excluding carboxylic acids is 1. The Labute approximate surface area is 179 Å². The first-order chi connectivity index (χ1) is 12.6. The number of carbonyl (C=O) groups is 1.